The molecule has 7 nitrogen and oxygen atoms in total. The van der Waals surface area contributed by atoms with Gasteiger partial charge in [0, 0.05) is 11.5 Å². The van der Waals surface area contributed by atoms with E-state index >= 15 is 0 Å². The minimum absolute atomic E-state index is 0.156. The summed E-state index contributed by atoms with van der Waals surface area (Å²) in [5.41, 5.74) is 1.34. The van der Waals surface area contributed by atoms with E-state index in [1.165, 1.54) is 0 Å². The van der Waals surface area contributed by atoms with E-state index in [0.717, 1.165) is 22.5 Å². The number of aryl methyl sites for hydroxylation is 1. The summed E-state index contributed by atoms with van der Waals surface area (Å²) in [6, 6.07) is 7.17. The summed E-state index contributed by atoms with van der Waals surface area (Å²) in [7, 11) is -3.82. The number of anilines is 1. The van der Waals surface area contributed by atoms with Gasteiger partial charge in [0.05, 0.1) is 0 Å². The van der Waals surface area contributed by atoms with Crippen molar-refractivity contribution in [1.29, 1.82) is 0 Å². The van der Waals surface area contributed by atoms with Crippen molar-refractivity contribution in [1.82, 2.24) is 14.9 Å². The van der Waals surface area contributed by atoms with Gasteiger partial charge in [-0.2, -0.15) is 0 Å². The Labute approximate surface area is 151 Å². The quantitative estimate of drug-likeness (QED) is 0.774. The topological polar surface area (TPSA) is 101 Å². The van der Waals surface area contributed by atoms with Crippen LogP contribution in [0.4, 0.5) is 5.13 Å². The highest BCUT2D eigenvalue weighted by Gasteiger charge is 2.26. The SMILES string of the molecule is Cc1ccc([C@H](C)NS(=O)(=O)c2nnc(NC(=O)C(C)(C)C)s2)cc1. The molecule has 0 fully saturated rings. The van der Waals surface area contributed by atoms with Gasteiger partial charge in [-0.05, 0) is 19.4 Å². The zero-order chi connectivity index (χ0) is 18.8. The Kier molecular flexibility index (Phi) is 5.60. The number of aromatic nitrogens is 2. The minimum atomic E-state index is -3.82. The molecule has 0 radical (unpaired) electrons. The fraction of sp³-hybridized carbons (Fsp3) is 0.438. The first kappa shape index (κ1) is 19.5. The summed E-state index contributed by atoms with van der Waals surface area (Å²) >= 11 is 0.819. The molecule has 0 spiro atoms. The van der Waals surface area contributed by atoms with Crippen molar-refractivity contribution in [2.24, 2.45) is 5.41 Å². The Bertz CT molecular complexity index is 852. The predicted octanol–water partition coefficient (Wildman–Crippen LogP) is 2.87. The molecule has 2 aromatic rings. The lowest BCUT2D eigenvalue weighted by Gasteiger charge is -2.15. The van der Waals surface area contributed by atoms with Crippen LogP contribution >= 0.6 is 11.3 Å². The third-order valence-electron chi connectivity index (χ3n) is 3.45. The summed E-state index contributed by atoms with van der Waals surface area (Å²) in [4.78, 5) is 11.9. The van der Waals surface area contributed by atoms with Crippen molar-refractivity contribution in [3.63, 3.8) is 0 Å². The summed E-state index contributed by atoms with van der Waals surface area (Å²) in [5.74, 6) is -0.256. The molecule has 0 aliphatic carbocycles. The molecule has 1 aromatic carbocycles. The number of sulfonamides is 1. The lowest BCUT2D eigenvalue weighted by molar-refractivity contribution is -0.123. The van der Waals surface area contributed by atoms with E-state index in [0.29, 0.717) is 0 Å². The number of benzene rings is 1. The third-order valence-corrected chi connectivity index (χ3v) is 6.19. The zero-order valence-corrected chi connectivity index (χ0v) is 16.5. The van der Waals surface area contributed by atoms with Crippen molar-refractivity contribution in [2.45, 2.75) is 45.0 Å². The van der Waals surface area contributed by atoms with Gasteiger partial charge >= 0.3 is 0 Å². The Morgan fingerprint density at radius 2 is 1.76 bits per heavy atom. The Morgan fingerprint density at radius 1 is 1.16 bits per heavy atom. The largest absolute Gasteiger partial charge is 0.300 e. The van der Waals surface area contributed by atoms with Crippen LogP contribution in [-0.4, -0.2) is 24.5 Å². The second-order valence-electron chi connectivity index (χ2n) is 6.83. The van der Waals surface area contributed by atoms with Gasteiger partial charge < -0.3 is 5.32 Å². The van der Waals surface area contributed by atoms with Crippen LogP contribution in [-0.2, 0) is 14.8 Å². The van der Waals surface area contributed by atoms with Crippen LogP contribution in [0, 0.1) is 12.3 Å². The van der Waals surface area contributed by atoms with Crippen molar-refractivity contribution in [3.05, 3.63) is 35.4 Å². The van der Waals surface area contributed by atoms with Crippen molar-refractivity contribution >= 4 is 32.4 Å². The summed E-state index contributed by atoms with van der Waals surface area (Å²) in [6.07, 6.45) is 0. The van der Waals surface area contributed by atoms with Gasteiger partial charge in [-0.15, -0.1) is 10.2 Å². The smallest absolute Gasteiger partial charge is 0.270 e. The summed E-state index contributed by atoms with van der Waals surface area (Å²) in [5, 5.41) is 10.2. The minimum Gasteiger partial charge on any atom is -0.300 e. The van der Waals surface area contributed by atoms with Gasteiger partial charge in [0.1, 0.15) is 0 Å². The molecule has 0 aliphatic rings. The molecule has 1 aromatic heterocycles. The van der Waals surface area contributed by atoms with Crippen LogP contribution in [0.5, 0.6) is 0 Å². The second-order valence-corrected chi connectivity index (χ2v) is 9.70. The Morgan fingerprint density at radius 3 is 2.32 bits per heavy atom. The number of hydrogen-bond donors (Lipinski definition) is 2. The molecule has 0 bridgehead atoms. The van der Waals surface area contributed by atoms with Crippen LogP contribution in [0.1, 0.15) is 44.9 Å². The molecule has 9 heteroatoms. The van der Waals surface area contributed by atoms with Crippen molar-refractivity contribution < 1.29 is 13.2 Å². The number of rotatable bonds is 5. The predicted molar refractivity (Wildman–Crippen MR) is 97.9 cm³/mol. The molecule has 2 rings (SSSR count). The molecular formula is C16H22N4O3S2. The fourth-order valence-corrected chi connectivity index (χ4v) is 4.00. The van der Waals surface area contributed by atoms with Gasteiger partial charge in [-0.3, -0.25) is 4.79 Å². The van der Waals surface area contributed by atoms with E-state index in [-0.39, 0.29) is 15.4 Å². The van der Waals surface area contributed by atoms with Gasteiger partial charge in [0.15, 0.2) is 0 Å². The van der Waals surface area contributed by atoms with Gasteiger partial charge in [0.25, 0.3) is 10.0 Å². The molecule has 1 amide bonds. The molecule has 25 heavy (non-hydrogen) atoms. The summed E-state index contributed by atoms with van der Waals surface area (Å²) < 4.78 is 27.3. The summed E-state index contributed by atoms with van der Waals surface area (Å²) in [6.45, 7) is 8.99. The average molecular weight is 383 g/mol. The first-order valence-corrected chi connectivity index (χ1v) is 10.0. The number of nitrogens with zero attached hydrogens (tertiary/aromatic N) is 2. The van der Waals surface area contributed by atoms with Crippen LogP contribution in [0.3, 0.4) is 0 Å². The number of carbonyl (C=O) groups excluding carboxylic acids is 1. The first-order valence-electron chi connectivity index (χ1n) is 7.73. The van der Waals surface area contributed by atoms with E-state index in [9.17, 15) is 13.2 Å². The zero-order valence-electron chi connectivity index (χ0n) is 14.8. The van der Waals surface area contributed by atoms with E-state index in [1.54, 1.807) is 27.7 Å². The van der Waals surface area contributed by atoms with Crippen LogP contribution in [0.2, 0.25) is 0 Å². The molecule has 0 saturated heterocycles. The van der Waals surface area contributed by atoms with Crippen LogP contribution < -0.4 is 10.0 Å². The monoisotopic (exact) mass is 382 g/mol. The normalized spacial score (nSPS) is 13.5. The number of amides is 1. The molecule has 2 N–H and O–H groups in total. The molecule has 0 unspecified atom stereocenters. The molecule has 0 saturated carbocycles. The van der Waals surface area contributed by atoms with E-state index < -0.39 is 21.5 Å². The maximum Gasteiger partial charge on any atom is 0.270 e. The third kappa shape index (κ3) is 5.07. The Balaban J connectivity index is 2.12. The lowest BCUT2D eigenvalue weighted by Crippen LogP contribution is -2.27. The van der Waals surface area contributed by atoms with Crippen LogP contribution in [0.15, 0.2) is 28.6 Å². The Hall–Kier alpha value is -1.84. The van der Waals surface area contributed by atoms with E-state index in [1.807, 2.05) is 31.2 Å². The highest BCUT2D eigenvalue weighted by Crippen LogP contribution is 2.24. The average Bonchev–Trinajstić information content (AvgIpc) is 2.96. The number of hydrogen-bond acceptors (Lipinski definition) is 6. The van der Waals surface area contributed by atoms with E-state index in [2.05, 4.69) is 20.2 Å². The first-order chi connectivity index (χ1) is 11.5. The van der Waals surface area contributed by atoms with Gasteiger partial charge in [-0.25, -0.2) is 13.1 Å². The highest BCUT2D eigenvalue weighted by atomic mass is 32.2. The number of carbonyl (C=O) groups is 1. The standard InChI is InChI=1S/C16H22N4O3S2/c1-10-6-8-12(9-7-10)11(2)20-25(22,23)15-19-18-14(24-15)17-13(21)16(3,4)5/h6-9,11,20H,1-5H3,(H,17,18,21)/t11-/m0/s1. The molecule has 0 aliphatic heterocycles. The molecule has 1 atom stereocenters. The maximum absolute atomic E-state index is 12.5. The second kappa shape index (κ2) is 7.19. The van der Waals surface area contributed by atoms with Crippen molar-refractivity contribution in [3.8, 4) is 0 Å². The van der Waals surface area contributed by atoms with Gasteiger partial charge in [-0.1, -0.05) is 61.9 Å². The number of nitrogens with one attached hydrogen (secondary N) is 2. The molecular weight excluding hydrogens is 360 g/mol. The van der Waals surface area contributed by atoms with E-state index in [4.69, 9.17) is 0 Å². The molecule has 1 heterocycles. The molecule has 136 valence electrons. The van der Waals surface area contributed by atoms with Gasteiger partial charge in [0.2, 0.25) is 15.4 Å². The fourth-order valence-electron chi connectivity index (χ4n) is 1.86. The lowest BCUT2D eigenvalue weighted by atomic mass is 9.96. The van der Waals surface area contributed by atoms with Crippen LogP contribution in [0.25, 0.3) is 0 Å². The maximum atomic E-state index is 12.5. The van der Waals surface area contributed by atoms with Crippen molar-refractivity contribution in [2.75, 3.05) is 5.32 Å². The highest BCUT2D eigenvalue weighted by molar-refractivity contribution is 7.91.